The van der Waals surface area contributed by atoms with Gasteiger partial charge in [0.2, 0.25) is 0 Å². The van der Waals surface area contributed by atoms with Crippen LogP contribution in [-0.4, -0.2) is 6.18 Å². The van der Waals surface area contributed by atoms with Gasteiger partial charge in [-0.05, 0) is 6.42 Å². The van der Waals surface area contributed by atoms with Crippen molar-refractivity contribution in [2.24, 2.45) is 0 Å². The Morgan fingerprint density at radius 3 is 1.17 bits per heavy atom. The van der Waals surface area contributed by atoms with Gasteiger partial charge in [0.25, 0.3) is 0 Å². The molecule has 0 aromatic carbocycles. The van der Waals surface area contributed by atoms with Crippen molar-refractivity contribution in [3.8, 4) is 0 Å². The Kier molecular flexibility index (Phi) is 15.8. The lowest BCUT2D eigenvalue weighted by atomic mass is 10.3. The van der Waals surface area contributed by atoms with Gasteiger partial charge in [-0.15, -0.1) is 0 Å². The fourth-order valence-corrected chi connectivity index (χ4v) is 0.283. The van der Waals surface area contributed by atoms with E-state index in [-0.39, 0.29) is 11.1 Å². The first-order chi connectivity index (χ1) is 4.97. The van der Waals surface area contributed by atoms with Gasteiger partial charge in [-0.1, -0.05) is 33.6 Å². The van der Waals surface area contributed by atoms with Crippen LogP contribution in [0.3, 0.4) is 0 Å². The summed E-state index contributed by atoms with van der Waals surface area (Å²) in [6, 6.07) is 0. The Morgan fingerprint density at radius 2 is 1.17 bits per heavy atom. The molecule has 0 rings (SSSR count). The molecular formula is C8H17F4-. The zero-order valence-electron chi connectivity index (χ0n) is 7.84. The maximum absolute atomic E-state index is 11.1. The van der Waals surface area contributed by atoms with Crippen LogP contribution in [0.5, 0.6) is 0 Å². The Labute approximate surface area is 71.5 Å². The molecule has 0 amide bonds. The van der Waals surface area contributed by atoms with Gasteiger partial charge in [-0.25, -0.2) is 0 Å². The summed E-state index contributed by atoms with van der Waals surface area (Å²) >= 11 is 0. The molecule has 0 bridgehead atoms. The number of alkyl halides is 3. The van der Waals surface area contributed by atoms with Gasteiger partial charge in [-0.3, -0.25) is 0 Å². The van der Waals surface area contributed by atoms with Crippen LogP contribution in [0.2, 0.25) is 0 Å². The van der Waals surface area contributed by atoms with Crippen LogP contribution in [0.1, 0.15) is 46.5 Å². The number of unbranched alkanes of at least 4 members (excludes halogenated alkanes) is 1. The Hall–Kier alpha value is -0.280. The molecule has 0 fully saturated rings. The molecular weight excluding hydrogens is 172 g/mol. The van der Waals surface area contributed by atoms with Crippen molar-refractivity contribution in [3.05, 3.63) is 0 Å². The van der Waals surface area contributed by atoms with Crippen LogP contribution in [0.25, 0.3) is 0 Å². The average Bonchev–Trinajstić information content (AvgIpc) is 1.86. The van der Waals surface area contributed by atoms with Crippen LogP contribution in [-0.2, 0) is 0 Å². The third-order valence-electron chi connectivity index (χ3n) is 1.03. The molecule has 0 N–H and O–H groups in total. The van der Waals surface area contributed by atoms with Crippen molar-refractivity contribution in [2.75, 3.05) is 0 Å². The summed E-state index contributed by atoms with van der Waals surface area (Å²) in [6.45, 7) is 5.87. The van der Waals surface area contributed by atoms with E-state index >= 15 is 0 Å². The first-order valence-corrected chi connectivity index (χ1v) is 4.04. The minimum Gasteiger partial charge on any atom is -1.00 e. The number of halogens is 4. The van der Waals surface area contributed by atoms with Crippen LogP contribution >= 0.6 is 0 Å². The molecule has 0 aliphatic rings. The van der Waals surface area contributed by atoms with E-state index in [0.717, 1.165) is 0 Å². The lowest BCUT2D eigenvalue weighted by molar-refractivity contribution is -0.134. The van der Waals surface area contributed by atoms with Gasteiger partial charge < -0.3 is 4.70 Å². The normalized spacial score (nSPS) is 9.50. The predicted molar refractivity (Wildman–Crippen MR) is 41.5 cm³/mol. The van der Waals surface area contributed by atoms with E-state index < -0.39 is 12.6 Å². The van der Waals surface area contributed by atoms with Crippen molar-refractivity contribution in [3.63, 3.8) is 0 Å². The summed E-state index contributed by atoms with van der Waals surface area (Å²) < 4.78 is 33.2. The largest absolute Gasteiger partial charge is 1.00 e. The molecule has 0 nitrogen and oxygen atoms in total. The molecule has 0 aromatic heterocycles. The molecule has 0 aliphatic carbocycles. The first-order valence-electron chi connectivity index (χ1n) is 4.04. The quantitative estimate of drug-likeness (QED) is 0.572. The van der Waals surface area contributed by atoms with Crippen molar-refractivity contribution in [1.29, 1.82) is 0 Å². The van der Waals surface area contributed by atoms with Crippen molar-refractivity contribution < 1.29 is 17.9 Å². The second-order valence-corrected chi connectivity index (χ2v) is 2.37. The second-order valence-electron chi connectivity index (χ2n) is 2.37. The third kappa shape index (κ3) is 33.2. The molecule has 12 heavy (non-hydrogen) atoms. The van der Waals surface area contributed by atoms with Crippen LogP contribution < -0.4 is 4.70 Å². The van der Waals surface area contributed by atoms with Gasteiger partial charge in [0, 0.05) is 6.42 Å². The molecule has 0 aliphatic heterocycles. The van der Waals surface area contributed by atoms with Crippen LogP contribution in [0, 0.1) is 0 Å². The second kappa shape index (κ2) is 10.7. The van der Waals surface area contributed by atoms with Crippen LogP contribution in [0.4, 0.5) is 13.2 Å². The molecule has 0 atom stereocenters. The fourth-order valence-electron chi connectivity index (χ4n) is 0.283. The van der Waals surface area contributed by atoms with Gasteiger partial charge in [0.15, 0.2) is 0 Å². The van der Waals surface area contributed by atoms with E-state index in [1.165, 1.54) is 19.8 Å². The monoisotopic (exact) mass is 189 g/mol. The lowest BCUT2D eigenvalue weighted by Gasteiger charge is -2.00. The summed E-state index contributed by atoms with van der Waals surface area (Å²) in [5, 5.41) is 0. The molecule has 0 saturated carbocycles. The zero-order chi connectivity index (χ0) is 9.33. The average molecular weight is 189 g/mol. The van der Waals surface area contributed by atoms with Crippen molar-refractivity contribution >= 4 is 0 Å². The Morgan fingerprint density at radius 1 is 0.833 bits per heavy atom. The topological polar surface area (TPSA) is 0 Å². The predicted octanol–water partition coefficient (Wildman–Crippen LogP) is 1.16. The van der Waals surface area contributed by atoms with E-state index in [0.29, 0.717) is 0 Å². The van der Waals surface area contributed by atoms with E-state index in [1.807, 2.05) is 0 Å². The third-order valence-corrected chi connectivity index (χ3v) is 1.03. The van der Waals surface area contributed by atoms with E-state index in [9.17, 15) is 13.2 Å². The lowest BCUT2D eigenvalue weighted by Crippen LogP contribution is -3.00. The summed E-state index contributed by atoms with van der Waals surface area (Å²) in [7, 11) is 0. The number of hydrogen-bond donors (Lipinski definition) is 0. The minimum atomic E-state index is -3.95. The highest BCUT2D eigenvalue weighted by atomic mass is 19.4. The highest BCUT2D eigenvalue weighted by Gasteiger charge is 2.24. The molecule has 0 radical (unpaired) electrons. The first kappa shape index (κ1) is 17.7. The molecule has 0 unspecified atom stereocenters. The van der Waals surface area contributed by atoms with E-state index in [1.54, 1.807) is 0 Å². The van der Waals surface area contributed by atoms with Crippen LogP contribution in [0.15, 0.2) is 0 Å². The highest BCUT2D eigenvalue weighted by Crippen LogP contribution is 2.20. The number of hydrogen-bond acceptors (Lipinski definition) is 0. The number of rotatable bonds is 2. The minimum absolute atomic E-state index is 0. The maximum Gasteiger partial charge on any atom is 0.389 e. The summed E-state index contributed by atoms with van der Waals surface area (Å²) in [4.78, 5) is 0. The van der Waals surface area contributed by atoms with Gasteiger partial charge >= 0.3 is 6.18 Å². The molecule has 0 saturated heterocycles. The summed E-state index contributed by atoms with van der Waals surface area (Å²) in [5.41, 5.74) is 0. The Balaban J connectivity index is -0.000000142. The summed E-state index contributed by atoms with van der Waals surface area (Å²) in [5.74, 6) is 0. The maximum atomic E-state index is 11.1. The van der Waals surface area contributed by atoms with Crippen molar-refractivity contribution in [1.82, 2.24) is 0 Å². The Bertz CT molecular complexity index is 65.9. The van der Waals surface area contributed by atoms with Gasteiger partial charge in [-0.2, -0.15) is 13.2 Å². The van der Waals surface area contributed by atoms with Gasteiger partial charge in [0.05, 0.1) is 0 Å². The van der Waals surface area contributed by atoms with E-state index in [2.05, 4.69) is 13.8 Å². The van der Waals surface area contributed by atoms with Gasteiger partial charge in [0.1, 0.15) is 0 Å². The molecule has 0 spiro atoms. The van der Waals surface area contributed by atoms with Crippen molar-refractivity contribution in [2.45, 2.75) is 52.6 Å². The summed E-state index contributed by atoms with van der Waals surface area (Å²) in [6.07, 6.45) is -1.79. The highest BCUT2D eigenvalue weighted by molar-refractivity contribution is 4.44. The fraction of sp³-hybridized carbons (Fsp3) is 1.00. The molecule has 4 heteroatoms. The van der Waals surface area contributed by atoms with E-state index in [4.69, 9.17) is 0 Å². The molecule has 0 heterocycles. The SMILES string of the molecule is CCCC.CCCC(F)(F)F.[F-]. The zero-order valence-corrected chi connectivity index (χ0v) is 7.84. The molecule has 78 valence electrons. The molecule has 0 aromatic rings. The smallest absolute Gasteiger partial charge is 0.389 e. The standard InChI is InChI=1S/C4H7F3.C4H10.FH/c1-2-3-4(5,6)7;1-3-4-2;/h2-3H2,1H3;3-4H2,1-2H3;1H/p-1.